The zero-order valence-electron chi connectivity index (χ0n) is 11.4. The van der Waals surface area contributed by atoms with E-state index in [1.165, 1.54) is 4.88 Å². The lowest BCUT2D eigenvalue weighted by Crippen LogP contribution is -2.25. The molecule has 1 aliphatic rings. The van der Waals surface area contributed by atoms with Gasteiger partial charge in [-0.05, 0) is 25.3 Å². The maximum absolute atomic E-state index is 12.3. The number of nitrogens with zero attached hydrogens (tertiary/aromatic N) is 2. The van der Waals surface area contributed by atoms with Crippen molar-refractivity contribution in [2.45, 2.75) is 38.8 Å². The Morgan fingerprint density at radius 3 is 3.05 bits per heavy atom. The van der Waals surface area contributed by atoms with Gasteiger partial charge in [0.15, 0.2) is 0 Å². The Kier molecular flexibility index (Phi) is 3.48. The van der Waals surface area contributed by atoms with Gasteiger partial charge in [0.25, 0.3) is 5.91 Å². The number of rotatable bonds is 5. The van der Waals surface area contributed by atoms with E-state index < -0.39 is 0 Å². The van der Waals surface area contributed by atoms with Crippen molar-refractivity contribution in [3.8, 4) is 0 Å². The number of nitrogens with two attached hydrogens (primary N) is 1. The number of anilines is 1. The summed E-state index contributed by atoms with van der Waals surface area (Å²) in [7, 11) is 0. The average molecular weight is 290 g/mol. The molecule has 20 heavy (non-hydrogen) atoms. The molecule has 0 radical (unpaired) electrons. The lowest BCUT2D eigenvalue weighted by molar-refractivity contribution is 0.0941. The van der Waals surface area contributed by atoms with Crippen LogP contribution in [0.5, 0.6) is 0 Å². The smallest absolute Gasteiger partial charge is 0.268 e. The van der Waals surface area contributed by atoms with Crippen LogP contribution in [0.3, 0.4) is 0 Å². The number of aryl methyl sites for hydroxylation is 1. The fraction of sp³-hybridized carbons (Fsp3) is 0.429. The Balaban J connectivity index is 1.67. The number of nitrogens with one attached hydrogen (secondary N) is 1. The van der Waals surface area contributed by atoms with Crippen LogP contribution in [-0.4, -0.2) is 15.5 Å². The molecule has 106 valence electrons. The summed E-state index contributed by atoms with van der Waals surface area (Å²) in [6.45, 7) is 2.57. The van der Waals surface area contributed by atoms with Gasteiger partial charge in [-0.1, -0.05) is 6.92 Å². The van der Waals surface area contributed by atoms with Crippen molar-refractivity contribution >= 4 is 22.9 Å². The first kappa shape index (κ1) is 13.2. The van der Waals surface area contributed by atoms with Crippen molar-refractivity contribution in [3.05, 3.63) is 34.0 Å². The molecule has 0 unspecified atom stereocenters. The van der Waals surface area contributed by atoms with Crippen LogP contribution >= 0.6 is 11.3 Å². The van der Waals surface area contributed by atoms with Crippen molar-refractivity contribution in [1.82, 2.24) is 14.9 Å². The molecule has 1 amide bonds. The van der Waals surface area contributed by atoms with E-state index in [0.717, 1.165) is 24.3 Å². The van der Waals surface area contributed by atoms with Crippen LogP contribution < -0.4 is 11.1 Å². The van der Waals surface area contributed by atoms with Gasteiger partial charge >= 0.3 is 0 Å². The summed E-state index contributed by atoms with van der Waals surface area (Å²) in [6, 6.07) is 2.19. The number of carbonyl (C=O) groups is 1. The fourth-order valence-corrected chi connectivity index (χ4v) is 2.98. The van der Waals surface area contributed by atoms with Gasteiger partial charge in [0.1, 0.15) is 10.7 Å². The predicted molar refractivity (Wildman–Crippen MR) is 79.8 cm³/mol. The van der Waals surface area contributed by atoms with E-state index in [0.29, 0.717) is 24.0 Å². The second-order valence-electron chi connectivity index (χ2n) is 5.05. The molecule has 1 saturated carbocycles. The van der Waals surface area contributed by atoms with Crippen molar-refractivity contribution < 1.29 is 4.79 Å². The number of aromatic nitrogens is 2. The summed E-state index contributed by atoms with van der Waals surface area (Å²) in [4.78, 5) is 17.8. The van der Waals surface area contributed by atoms with E-state index in [1.807, 2.05) is 17.0 Å². The first-order valence-electron chi connectivity index (χ1n) is 6.86. The van der Waals surface area contributed by atoms with Crippen LogP contribution in [0, 0.1) is 0 Å². The minimum absolute atomic E-state index is 0.0816. The third-order valence-electron chi connectivity index (χ3n) is 3.39. The van der Waals surface area contributed by atoms with Crippen LogP contribution in [0.2, 0.25) is 0 Å². The zero-order chi connectivity index (χ0) is 14.1. The molecule has 0 aromatic carbocycles. The summed E-state index contributed by atoms with van der Waals surface area (Å²) in [5, 5.41) is 3.86. The molecule has 1 fully saturated rings. The Morgan fingerprint density at radius 1 is 1.60 bits per heavy atom. The predicted octanol–water partition coefficient (Wildman–Crippen LogP) is 2.35. The molecule has 6 heteroatoms. The average Bonchev–Trinajstić information content (AvgIpc) is 3.05. The fourth-order valence-electron chi connectivity index (χ4n) is 2.18. The van der Waals surface area contributed by atoms with E-state index in [-0.39, 0.29) is 5.91 Å². The maximum atomic E-state index is 12.3. The van der Waals surface area contributed by atoms with E-state index in [2.05, 4.69) is 17.2 Å². The van der Waals surface area contributed by atoms with Crippen LogP contribution in [-0.2, 0) is 13.0 Å². The first-order valence-corrected chi connectivity index (χ1v) is 7.68. The first-order chi connectivity index (χ1) is 9.67. The summed E-state index contributed by atoms with van der Waals surface area (Å²) < 4.78 is 1.99. The molecule has 3 rings (SSSR count). The number of amides is 1. The normalized spacial score (nSPS) is 14.4. The Hall–Kier alpha value is -1.82. The van der Waals surface area contributed by atoms with E-state index in [9.17, 15) is 4.79 Å². The standard InChI is InChI=1S/C14H18N4OS/c1-2-11-6-16-13(20-11)7-17-14(19)12-5-9(15)8-18(12)10-3-4-10/h5-6,8,10H,2-4,7,15H2,1H3,(H,17,19). The zero-order valence-corrected chi connectivity index (χ0v) is 12.2. The molecule has 1 aliphatic carbocycles. The van der Waals surface area contributed by atoms with E-state index in [1.54, 1.807) is 17.4 Å². The minimum Gasteiger partial charge on any atom is -0.397 e. The Labute approximate surface area is 121 Å². The molecule has 5 nitrogen and oxygen atoms in total. The number of nitrogen functional groups attached to an aromatic ring is 1. The number of hydrogen-bond donors (Lipinski definition) is 2. The SMILES string of the molecule is CCc1cnc(CNC(=O)c2cc(N)cn2C2CC2)s1. The second kappa shape index (κ2) is 5.28. The van der Waals surface area contributed by atoms with Crippen molar-refractivity contribution in [3.63, 3.8) is 0 Å². The van der Waals surface area contributed by atoms with Gasteiger partial charge in [0.05, 0.1) is 12.2 Å². The molecule has 2 heterocycles. The van der Waals surface area contributed by atoms with Gasteiger partial charge in [0.2, 0.25) is 0 Å². The Morgan fingerprint density at radius 2 is 2.40 bits per heavy atom. The number of thiazole rings is 1. The molecule has 0 saturated heterocycles. The third-order valence-corrected chi connectivity index (χ3v) is 4.53. The molecular weight excluding hydrogens is 272 g/mol. The van der Waals surface area contributed by atoms with E-state index >= 15 is 0 Å². The topological polar surface area (TPSA) is 72.9 Å². The summed E-state index contributed by atoms with van der Waals surface area (Å²) in [5.41, 5.74) is 7.09. The number of carbonyl (C=O) groups excluding carboxylic acids is 1. The van der Waals surface area contributed by atoms with E-state index in [4.69, 9.17) is 5.73 Å². The molecule has 0 atom stereocenters. The van der Waals surface area contributed by atoms with Gasteiger partial charge < -0.3 is 15.6 Å². The maximum Gasteiger partial charge on any atom is 0.268 e. The van der Waals surface area contributed by atoms with Gasteiger partial charge in [-0.25, -0.2) is 4.98 Å². The molecule has 3 N–H and O–H groups in total. The second-order valence-corrected chi connectivity index (χ2v) is 6.25. The van der Waals surface area contributed by atoms with Crippen molar-refractivity contribution in [2.24, 2.45) is 0 Å². The number of hydrogen-bond acceptors (Lipinski definition) is 4. The van der Waals surface area contributed by atoms with Crippen molar-refractivity contribution in [2.75, 3.05) is 5.73 Å². The summed E-state index contributed by atoms with van der Waals surface area (Å²) in [6.07, 6.45) is 6.95. The highest BCUT2D eigenvalue weighted by Crippen LogP contribution is 2.37. The summed E-state index contributed by atoms with van der Waals surface area (Å²) >= 11 is 1.64. The lowest BCUT2D eigenvalue weighted by Gasteiger charge is -2.07. The lowest BCUT2D eigenvalue weighted by atomic mass is 10.3. The van der Waals surface area contributed by atoms with Gasteiger partial charge in [0, 0.05) is 23.3 Å². The van der Waals surface area contributed by atoms with Gasteiger partial charge in [-0.3, -0.25) is 4.79 Å². The molecule has 2 aromatic rings. The molecule has 0 aliphatic heterocycles. The van der Waals surface area contributed by atoms with Crippen molar-refractivity contribution in [1.29, 1.82) is 0 Å². The van der Waals surface area contributed by atoms with Crippen LogP contribution in [0.4, 0.5) is 5.69 Å². The largest absolute Gasteiger partial charge is 0.397 e. The van der Waals surface area contributed by atoms with Crippen LogP contribution in [0.1, 0.15) is 46.2 Å². The van der Waals surface area contributed by atoms with Gasteiger partial charge in [-0.2, -0.15) is 0 Å². The molecule has 2 aromatic heterocycles. The van der Waals surface area contributed by atoms with Gasteiger partial charge in [-0.15, -0.1) is 11.3 Å². The highest BCUT2D eigenvalue weighted by Gasteiger charge is 2.27. The quantitative estimate of drug-likeness (QED) is 0.887. The summed E-state index contributed by atoms with van der Waals surface area (Å²) in [5.74, 6) is -0.0816. The van der Waals surface area contributed by atoms with Crippen LogP contribution in [0.25, 0.3) is 0 Å². The minimum atomic E-state index is -0.0816. The molecular formula is C14H18N4OS. The van der Waals surface area contributed by atoms with Crippen LogP contribution in [0.15, 0.2) is 18.5 Å². The highest BCUT2D eigenvalue weighted by molar-refractivity contribution is 7.11. The Bertz CT molecular complexity index is 627. The highest BCUT2D eigenvalue weighted by atomic mass is 32.1. The molecule has 0 bridgehead atoms. The third kappa shape index (κ3) is 2.70. The monoisotopic (exact) mass is 290 g/mol. The molecule has 0 spiro atoms.